The Morgan fingerprint density at radius 2 is 1.48 bits per heavy atom. The fourth-order valence-corrected chi connectivity index (χ4v) is 3.05. The van der Waals surface area contributed by atoms with Gasteiger partial charge in [0.25, 0.3) is 0 Å². The molecular weight excluding hydrogens is 314 g/mol. The summed E-state index contributed by atoms with van der Waals surface area (Å²) in [6, 6.07) is 6.60. The first-order valence-corrected chi connectivity index (χ1v) is 9.73. The number of carbonyl (C=O) groups excluding carboxylic acids is 1. The Bertz CT molecular complexity index is 516. The molecule has 4 nitrogen and oxygen atoms in total. The molecule has 0 saturated heterocycles. The number of unbranched alkanes of at least 4 members (excludes halogenated alkanes) is 6. The first-order valence-electron chi connectivity index (χ1n) is 9.73. The number of aromatic carboxylic acids is 1. The number of carboxylic acid groups (broad SMARTS) is 1. The number of carboxylic acids is 1. The smallest absolute Gasteiger partial charge is 0.337 e. The highest BCUT2D eigenvalue weighted by Crippen LogP contribution is 2.22. The number of carbonyl (C=O) groups is 2. The number of rotatable bonds is 13. The fourth-order valence-electron chi connectivity index (χ4n) is 3.05. The van der Waals surface area contributed by atoms with Crippen molar-refractivity contribution in [2.75, 3.05) is 5.32 Å². The molecule has 0 unspecified atom stereocenters. The summed E-state index contributed by atoms with van der Waals surface area (Å²) in [6.07, 6.45) is 10.9. The zero-order valence-electron chi connectivity index (χ0n) is 15.7. The second-order valence-corrected chi connectivity index (χ2v) is 6.74. The van der Waals surface area contributed by atoms with Crippen LogP contribution in [0.4, 0.5) is 5.69 Å². The SMILES string of the molecule is CCCCCCC(CCCCCC)C(=O)Nc1ccccc1C(=O)O. The molecule has 1 aromatic carbocycles. The minimum Gasteiger partial charge on any atom is -0.478 e. The topological polar surface area (TPSA) is 66.4 Å². The van der Waals surface area contributed by atoms with E-state index in [0.29, 0.717) is 5.69 Å². The Morgan fingerprint density at radius 1 is 0.920 bits per heavy atom. The van der Waals surface area contributed by atoms with Crippen LogP contribution in [0.3, 0.4) is 0 Å². The Balaban J connectivity index is 2.68. The lowest BCUT2D eigenvalue weighted by molar-refractivity contribution is -0.120. The lowest BCUT2D eigenvalue weighted by atomic mass is 9.93. The highest BCUT2D eigenvalue weighted by molar-refractivity contribution is 6.01. The van der Waals surface area contributed by atoms with Gasteiger partial charge >= 0.3 is 5.97 Å². The zero-order valence-corrected chi connectivity index (χ0v) is 15.7. The lowest BCUT2D eigenvalue weighted by Gasteiger charge is -2.17. The molecule has 1 rings (SSSR count). The van der Waals surface area contributed by atoms with Crippen LogP contribution in [0.25, 0.3) is 0 Å². The summed E-state index contributed by atoms with van der Waals surface area (Å²) < 4.78 is 0. The first-order chi connectivity index (χ1) is 12.1. The van der Waals surface area contributed by atoms with Crippen LogP contribution in [0.5, 0.6) is 0 Å². The third kappa shape index (κ3) is 8.19. The molecule has 0 fully saturated rings. The van der Waals surface area contributed by atoms with Crippen molar-refractivity contribution in [2.24, 2.45) is 5.92 Å². The van der Waals surface area contributed by atoms with E-state index in [1.54, 1.807) is 18.2 Å². The third-order valence-electron chi connectivity index (χ3n) is 4.60. The maximum absolute atomic E-state index is 12.7. The predicted molar refractivity (Wildman–Crippen MR) is 103 cm³/mol. The van der Waals surface area contributed by atoms with Crippen LogP contribution in [0.15, 0.2) is 24.3 Å². The van der Waals surface area contributed by atoms with Crippen LogP contribution in [0.2, 0.25) is 0 Å². The molecule has 4 heteroatoms. The molecular formula is C21H33NO3. The maximum Gasteiger partial charge on any atom is 0.337 e. The van der Waals surface area contributed by atoms with Crippen molar-refractivity contribution in [2.45, 2.75) is 78.1 Å². The molecule has 140 valence electrons. The average Bonchev–Trinajstić information content (AvgIpc) is 2.60. The number of nitrogens with one attached hydrogen (secondary N) is 1. The van der Waals surface area contributed by atoms with Gasteiger partial charge in [0.1, 0.15) is 0 Å². The highest BCUT2D eigenvalue weighted by atomic mass is 16.4. The molecule has 0 atom stereocenters. The summed E-state index contributed by atoms with van der Waals surface area (Å²) >= 11 is 0. The standard InChI is InChI=1S/C21H33NO3/c1-3-5-7-9-13-17(14-10-8-6-4-2)20(23)22-19-16-12-11-15-18(19)21(24)25/h11-12,15-17H,3-10,13-14H2,1-2H3,(H,22,23)(H,24,25). The second-order valence-electron chi connectivity index (χ2n) is 6.74. The normalized spacial score (nSPS) is 10.8. The average molecular weight is 347 g/mol. The Hall–Kier alpha value is -1.84. The molecule has 0 bridgehead atoms. The molecule has 0 radical (unpaired) electrons. The van der Waals surface area contributed by atoms with E-state index in [9.17, 15) is 14.7 Å². The van der Waals surface area contributed by atoms with Gasteiger partial charge in [-0.25, -0.2) is 4.79 Å². The Labute approximate surface area is 152 Å². The Morgan fingerprint density at radius 3 is 2.00 bits per heavy atom. The maximum atomic E-state index is 12.7. The predicted octanol–water partition coefficient (Wildman–Crippen LogP) is 5.88. The van der Waals surface area contributed by atoms with Crippen LogP contribution in [0.1, 0.15) is 88.4 Å². The van der Waals surface area contributed by atoms with Crippen molar-refractivity contribution in [1.82, 2.24) is 0 Å². The molecule has 0 aliphatic rings. The second kappa shape index (κ2) is 12.5. The molecule has 2 N–H and O–H groups in total. The quantitative estimate of drug-likeness (QED) is 0.438. The fraction of sp³-hybridized carbons (Fsp3) is 0.619. The van der Waals surface area contributed by atoms with Gasteiger partial charge < -0.3 is 10.4 Å². The lowest BCUT2D eigenvalue weighted by Crippen LogP contribution is -2.24. The van der Waals surface area contributed by atoms with Crippen LogP contribution >= 0.6 is 0 Å². The molecule has 25 heavy (non-hydrogen) atoms. The first kappa shape index (κ1) is 21.2. The largest absolute Gasteiger partial charge is 0.478 e. The van der Waals surface area contributed by atoms with Crippen molar-refractivity contribution < 1.29 is 14.7 Å². The van der Waals surface area contributed by atoms with Crippen LogP contribution < -0.4 is 5.32 Å². The molecule has 0 aliphatic carbocycles. The van der Waals surface area contributed by atoms with Gasteiger partial charge in [-0.05, 0) is 25.0 Å². The van der Waals surface area contributed by atoms with E-state index in [0.717, 1.165) is 38.5 Å². The molecule has 1 aromatic rings. The monoisotopic (exact) mass is 347 g/mol. The van der Waals surface area contributed by atoms with E-state index in [1.165, 1.54) is 31.7 Å². The molecule has 0 saturated carbocycles. The van der Waals surface area contributed by atoms with Crippen molar-refractivity contribution in [3.63, 3.8) is 0 Å². The van der Waals surface area contributed by atoms with Gasteiger partial charge in [0.05, 0.1) is 11.3 Å². The van der Waals surface area contributed by atoms with Gasteiger partial charge in [-0.2, -0.15) is 0 Å². The van der Waals surface area contributed by atoms with Crippen molar-refractivity contribution in [3.05, 3.63) is 29.8 Å². The van der Waals surface area contributed by atoms with E-state index >= 15 is 0 Å². The van der Waals surface area contributed by atoms with Crippen LogP contribution in [0, 0.1) is 5.92 Å². The molecule has 1 amide bonds. The number of hydrogen-bond acceptors (Lipinski definition) is 2. The van der Waals surface area contributed by atoms with E-state index in [4.69, 9.17) is 0 Å². The number of benzene rings is 1. The van der Waals surface area contributed by atoms with Crippen molar-refractivity contribution in [3.8, 4) is 0 Å². The summed E-state index contributed by atoms with van der Waals surface area (Å²) in [5, 5.41) is 12.1. The van der Waals surface area contributed by atoms with E-state index in [-0.39, 0.29) is 17.4 Å². The number of para-hydroxylation sites is 1. The van der Waals surface area contributed by atoms with Crippen molar-refractivity contribution in [1.29, 1.82) is 0 Å². The van der Waals surface area contributed by atoms with Gasteiger partial charge in [0.15, 0.2) is 0 Å². The van der Waals surface area contributed by atoms with E-state index in [1.807, 2.05) is 0 Å². The third-order valence-corrected chi connectivity index (χ3v) is 4.60. The molecule has 0 aliphatic heterocycles. The number of anilines is 1. The van der Waals surface area contributed by atoms with Gasteiger partial charge in [-0.15, -0.1) is 0 Å². The van der Waals surface area contributed by atoms with Gasteiger partial charge in [0.2, 0.25) is 5.91 Å². The van der Waals surface area contributed by atoms with Crippen LogP contribution in [-0.2, 0) is 4.79 Å². The summed E-state index contributed by atoms with van der Waals surface area (Å²) in [7, 11) is 0. The van der Waals surface area contributed by atoms with Gasteiger partial charge in [0, 0.05) is 5.92 Å². The minimum atomic E-state index is -1.02. The van der Waals surface area contributed by atoms with E-state index < -0.39 is 5.97 Å². The number of hydrogen-bond donors (Lipinski definition) is 2. The highest BCUT2D eigenvalue weighted by Gasteiger charge is 2.20. The summed E-state index contributed by atoms with van der Waals surface area (Å²) in [6.45, 7) is 4.36. The molecule has 0 heterocycles. The van der Waals surface area contributed by atoms with Gasteiger partial charge in [-0.3, -0.25) is 4.79 Å². The summed E-state index contributed by atoms with van der Waals surface area (Å²) in [4.78, 5) is 24.0. The molecule has 0 aromatic heterocycles. The zero-order chi connectivity index (χ0) is 18.5. The Kier molecular flexibility index (Phi) is 10.6. The van der Waals surface area contributed by atoms with E-state index in [2.05, 4.69) is 19.2 Å². The van der Waals surface area contributed by atoms with Crippen LogP contribution in [-0.4, -0.2) is 17.0 Å². The minimum absolute atomic E-state index is 0.0319. The summed E-state index contributed by atoms with van der Waals surface area (Å²) in [5.74, 6) is -1.09. The van der Waals surface area contributed by atoms with Crippen molar-refractivity contribution >= 4 is 17.6 Å². The van der Waals surface area contributed by atoms with Gasteiger partial charge in [-0.1, -0.05) is 77.3 Å². The number of amides is 1. The molecule has 0 spiro atoms. The summed E-state index contributed by atoms with van der Waals surface area (Å²) in [5.41, 5.74) is 0.540.